The molecule has 0 bridgehead atoms. The fourth-order valence-corrected chi connectivity index (χ4v) is 10.9. The van der Waals surface area contributed by atoms with E-state index in [1.807, 2.05) is 6.08 Å². The first-order chi connectivity index (χ1) is 41.7. The number of hydrogen-bond donors (Lipinski definition) is 3. The maximum Gasteiger partial charge on any atom is 0.220 e. The average Bonchev–Trinajstić information content (AvgIpc) is 3.51. The van der Waals surface area contributed by atoms with Gasteiger partial charge in [-0.05, 0) is 89.9 Å². The summed E-state index contributed by atoms with van der Waals surface area (Å²) in [6.45, 7) is 4.22. The molecular formula is C80H141NO3. The molecule has 484 valence electrons. The van der Waals surface area contributed by atoms with Gasteiger partial charge in [0.15, 0.2) is 0 Å². The summed E-state index contributed by atoms with van der Waals surface area (Å²) >= 11 is 0. The zero-order chi connectivity index (χ0) is 60.5. The highest BCUT2D eigenvalue weighted by molar-refractivity contribution is 5.76. The first-order valence-electron chi connectivity index (χ1n) is 36.7. The smallest absolute Gasteiger partial charge is 0.220 e. The van der Waals surface area contributed by atoms with Crippen LogP contribution in [0.25, 0.3) is 0 Å². The Kier molecular flexibility index (Phi) is 71.2. The predicted octanol–water partition coefficient (Wildman–Crippen LogP) is 25.5. The van der Waals surface area contributed by atoms with Gasteiger partial charge in [0, 0.05) is 6.42 Å². The summed E-state index contributed by atoms with van der Waals surface area (Å²) in [5.74, 6) is -0.0673. The van der Waals surface area contributed by atoms with E-state index in [4.69, 9.17) is 0 Å². The summed E-state index contributed by atoms with van der Waals surface area (Å²) in [5, 5.41) is 23.3. The summed E-state index contributed by atoms with van der Waals surface area (Å²) in [7, 11) is 0. The standard InChI is InChI=1S/C80H141NO3/c1-3-5-7-9-11-13-15-17-19-21-23-25-27-29-31-33-35-37-38-39-40-41-42-44-46-48-50-52-54-56-58-60-62-64-66-68-70-72-74-76-80(84)81-78(77-82)79(83)75-73-71-69-67-65-63-61-59-57-55-53-51-49-47-45-43-36-34-32-30-28-26-24-22-20-18-16-14-12-10-8-6-4-2/h5,7,11,13,17,19,23,25,29,31,35,37,39-40,42,44,48,50,73,75,78-79,82-83H,3-4,6,8-10,12,14-16,18,20-22,24,26-28,30,32-34,36,38,41,43,45-47,49,51-72,74,76-77H2,1-2H3,(H,81,84)/b7-5-,13-11-,19-17-,25-23-,31-29-,37-35-,40-39-,44-42-,50-48-,75-73+. The topological polar surface area (TPSA) is 69.6 Å². The third kappa shape index (κ3) is 69.6. The van der Waals surface area contributed by atoms with Crippen LogP contribution in [0.2, 0.25) is 0 Å². The number of aliphatic hydroxyl groups is 2. The van der Waals surface area contributed by atoms with Crippen molar-refractivity contribution in [3.8, 4) is 0 Å². The molecule has 0 aliphatic rings. The number of amides is 1. The van der Waals surface area contributed by atoms with Crippen molar-refractivity contribution in [2.24, 2.45) is 0 Å². The molecule has 3 N–H and O–H groups in total. The lowest BCUT2D eigenvalue weighted by atomic mass is 10.0. The molecule has 1 amide bonds. The Hall–Kier alpha value is -3.21. The fourth-order valence-electron chi connectivity index (χ4n) is 10.9. The highest BCUT2D eigenvalue weighted by Crippen LogP contribution is 2.18. The second kappa shape index (κ2) is 74.0. The van der Waals surface area contributed by atoms with Gasteiger partial charge in [-0.15, -0.1) is 0 Å². The van der Waals surface area contributed by atoms with Crippen molar-refractivity contribution >= 4 is 5.91 Å². The number of carbonyl (C=O) groups excluding carboxylic acids is 1. The zero-order valence-electron chi connectivity index (χ0n) is 55.9. The Bertz CT molecular complexity index is 1610. The molecule has 0 radical (unpaired) electrons. The maximum absolute atomic E-state index is 12.6. The second-order valence-corrected chi connectivity index (χ2v) is 24.6. The monoisotopic (exact) mass is 1160 g/mol. The van der Waals surface area contributed by atoms with Crippen LogP contribution in [0.3, 0.4) is 0 Å². The molecule has 0 saturated carbocycles. The highest BCUT2D eigenvalue weighted by atomic mass is 16.3. The summed E-state index contributed by atoms with van der Waals surface area (Å²) in [6, 6.07) is -0.634. The number of nitrogens with one attached hydrogen (secondary N) is 1. The van der Waals surface area contributed by atoms with Crippen LogP contribution in [0, 0.1) is 0 Å². The first-order valence-corrected chi connectivity index (χ1v) is 36.7. The van der Waals surface area contributed by atoms with Crippen molar-refractivity contribution in [1.82, 2.24) is 5.32 Å². The van der Waals surface area contributed by atoms with Gasteiger partial charge in [0.1, 0.15) is 0 Å². The first kappa shape index (κ1) is 80.8. The molecule has 0 spiro atoms. The minimum absolute atomic E-state index is 0.0673. The quantitative estimate of drug-likeness (QED) is 0.0420. The SMILES string of the molecule is CC/C=C\C/C=C\C/C=C\C/C=C\C/C=C\C/C=C\C/C=C\C/C=C\C/C=C\CCCCCCCCCCCCCC(=O)NC(CO)C(O)/C=C/CCCCCCCCCCCCCCCCCCCCCCCCCCCCCCCCC. The molecule has 0 saturated heterocycles. The van der Waals surface area contributed by atoms with E-state index in [9.17, 15) is 15.0 Å². The number of unbranched alkanes of at least 4 members (excludes halogenated alkanes) is 42. The van der Waals surface area contributed by atoms with Gasteiger partial charge in [0.25, 0.3) is 0 Å². The van der Waals surface area contributed by atoms with Gasteiger partial charge >= 0.3 is 0 Å². The molecule has 2 atom stereocenters. The average molecular weight is 1170 g/mol. The minimum Gasteiger partial charge on any atom is -0.394 e. The van der Waals surface area contributed by atoms with Crippen LogP contribution in [-0.4, -0.2) is 34.9 Å². The maximum atomic E-state index is 12.6. The molecule has 0 aromatic carbocycles. The molecule has 0 aliphatic heterocycles. The van der Waals surface area contributed by atoms with Crippen LogP contribution in [0.5, 0.6) is 0 Å². The number of allylic oxidation sites excluding steroid dienone is 19. The molecule has 4 nitrogen and oxygen atoms in total. The number of aliphatic hydroxyl groups excluding tert-OH is 2. The van der Waals surface area contributed by atoms with Gasteiger partial charge in [-0.25, -0.2) is 0 Å². The Morgan fingerprint density at radius 2 is 0.524 bits per heavy atom. The molecule has 4 heteroatoms. The Morgan fingerprint density at radius 3 is 0.786 bits per heavy atom. The van der Waals surface area contributed by atoms with Gasteiger partial charge < -0.3 is 15.5 Å². The molecule has 84 heavy (non-hydrogen) atoms. The van der Waals surface area contributed by atoms with E-state index in [2.05, 4.69) is 129 Å². The molecule has 0 aromatic rings. The highest BCUT2D eigenvalue weighted by Gasteiger charge is 2.18. The summed E-state index contributed by atoms with van der Waals surface area (Å²) < 4.78 is 0. The van der Waals surface area contributed by atoms with Crippen molar-refractivity contribution < 1.29 is 15.0 Å². The summed E-state index contributed by atoms with van der Waals surface area (Å²) in [6.07, 6.45) is 113. The fraction of sp³-hybridized carbons (Fsp3) is 0.738. The van der Waals surface area contributed by atoms with E-state index in [0.29, 0.717) is 6.42 Å². The van der Waals surface area contributed by atoms with Crippen LogP contribution in [0.4, 0.5) is 0 Å². The van der Waals surface area contributed by atoms with Crippen molar-refractivity contribution in [2.75, 3.05) is 6.61 Å². The van der Waals surface area contributed by atoms with Gasteiger partial charge in [-0.2, -0.15) is 0 Å². The Labute approximate surface area is 524 Å². The van der Waals surface area contributed by atoms with Gasteiger partial charge in [-0.3, -0.25) is 4.79 Å². The van der Waals surface area contributed by atoms with Crippen molar-refractivity contribution in [3.05, 3.63) is 122 Å². The molecule has 0 aromatic heterocycles. The van der Waals surface area contributed by atoms with Gasteiger partial charge in [-0.1, -0.05) is 386 Å². The van der Waals surface area contributed by atoms with Crippen LogP contribution >= 0.6 is 0 Å². The van der Waals surface area contributed by atoms with E-state index >= 15 is 0 Å². The third-order valence-corrected chi connectivity index (χ3v) is 16.5. The summed E-state index contributed by atoms with van der Waals surface area (Å²) in [5.41, 5.74) is 0. The molecule has 0 heterocycles. The minimum atomic E-state index is -0.850. The molecule has 0 rings (SSSR count). The lowest BCUT2D eigenvalue weighted by Gasteiger charge is -2.20. The van der Waals surface area contributed by atoms with Crippen LogP contribution in [0.15, 0.2) is 122 Å². The zero-order valence-corrected chi connectivity index (χ0v) is 55.9. The lowest BCUT2D eigenvalue weighted by molar-refractivity contribution is -0.123. The van der Waals surface area contributed by atoms with E-state index in [1.54, 1.807) is 6.08 Å². The van der Waals surface area contributed by atoms with Gasteiger partial charge in [0.2, 0.25) is 5.91 Å². The van der Waals surface area contributed by atoms with Crippen LogP contribution in [0.1, 0.15) is 361 Å². The van der Waals surface area contributed by atoms with E-state index in [1.165, 1.54) is 257 Å². The van der Waals surface area contributed by atoms with Crippen molar-refractivity contribution in [1.29, 1.82) is 0 Å². The third-order valence-electron chi connectivity index (χ3n) is 16.5. The number of hydrogen-bond acceptors (Lipinski definition) is 3. The Morgan fingerprint density at radius 1 is 0.298 bits per heavy atom. The van der Waals surface area contributed by atoms with E-state index in [-0.39, 0.29) is 12.5 Å². The Balaban J connectivity index is 3.52. The van der Waals surface area contributed by atoms with Crippen molar-refractivity contribution in [2.45, 2.75) is 373 Å². The van der Waals surface area contributed by atoms with Crippen LogP contribution < -0.4 is 5.32 Å². The molecule has 2 unspecified atom stereocenters. The van der Waals surface area contributed by atoms with E-state index < -0.39 is 12.1 Å². The lowest BCUT2D eigenvalue weighted by Crippen LogP contribution is -2.45. The molecular weight excluding hydrogens is 1020 g/mol. The molecule has 0 aliphatic carbocycles. The second-order valence-electron chi connectivity index (χ2n) is 24.6. The van der Waals surface area contributed by atoms with E-state index in [0.717, 1.165) is 83.5 Å². The summed E-state index contributed by atoms with van der Waals surface area (Å²) in [4.78, 5) is 12.6. The van der Waals surface area contributed by atoms with Crippen molar-refractivity contribution in [3.63, 3.8) is 0 Å². The normalized spacial score (nSPS) is 13.4. The predicted molar refractivity (Wildman–Crippen MR) is 377 cm³/mol. The van der Waals surface area contributed by atoms with Gasteiger partial charge in [0.05, 0.1) is 18.8 Å². The molecule has 0 fully saturated rings. The van der Waals surface area contributed by atoms with Crippen LogP contribution in [-0.2, 0) is 4.79 Å². The number of carbonyl (C=O) groups is 1. The number of rotatable bonds is 67. The largest absolute Gasteiger partial charge is 0.394 e.